The van der Waals surface area contributed by atoms with Gasteiger partial charge in [0.1, 0.15) is 5.82 Å². The Bertz CT molecular complexity index is 493. The Balaban J connectivity index is 0.00000264. The largest absolute Gasteiger partial charge is 0.385 e. The molecule has 0 aromatic heterocycles. The van der Waals surface area contributed by atoms with Crippen molar-refractivity contribution in [1.29, 1.82) is 0 Å². The molecule has 1 aromatic rings. The average Bonchev–Trinajstić information content (AvgIpc) is 2.56. The predicted octanol–water partition coefficient (Wildman–Crippen LogP) is 2.18. The molecule has 0 unspecified atom stereocenters. The molecular weight excluding hydrogens is 410 g/mol. The highest BCUT2D eigenvalue weighted by atomic mass is 127. The Morgan fingerprint density at radius 2 is 1.96 bits per heavy atom. The third kappa shape index (κ3) is 5.80. The van der Waals surface area contributed by atoms with Gasteiger partial charge in [0.15, 0.2) is 5.96 Å². The van der Waals surface area contributed by atoms with E-state index in [0.717, 1.165) is 51.7 Å². The molecule has 1 aromatic carbocycles. The SMILES string of the molecule is CN=C(NCCCOC)N1CCN(c2ccccc2F)CC1.I. The fourth-order valence-corrected chi connectivity index (χ4v) is 2.62. The summed E-state index contributed by atoms with van der Waals surface area (Å²) >= 11 is 0. The number of guanidine groups is 1. The van der Waals surface area contributed by atoms with Crippen molar-refractivity contribution >= 4 is 35.6 Å². The van der Waals surface area contributed by atoms with Crippen molar-refractivity contribution in [2.24, 2.45) is 4.99 Å². The maximum Gasteiger partial charge on any atom is 0.193 e. The first kappa shape index (κ1) is 20.0. The molecule has 1 N–H and O–H groups in total. The van der Waals surface area contributed by atoms with E-state index in [1.165, 1.54) is 6.07 Å². The minimum absolute atomic E-state index is 0. The Kier molecular flexibility index (Phi) is 9.23. The van der Waals surface area contributed by atoms with Crippen LogP contribution in [0.3, 0.4) is 0 Å². The lowest BCUT2D eigenvalue weighted by Crippen LogP contribution is -2.52. The van der Waals surface area contributed by atoms with Gasteiger partial charge >= 0.3 is 0 Å². The molecule has 2 rings (SSSR count). The molecule has 1 saturated heterocycles. The molecule has 0 atom stereocenters. The fraction of sp³-hybridized carbons (Fsp3) is 0.562. The second-order valence-corrected chi connectivity index (χ2v) is 5.25. The van der Waals surface area contributed by atoms with Crippen LogP contribution in [0.4, 0.5) is 10.1 Å². The van der Waals surface area contributed by atoms with Crippen molar-refractivity contribution in [3.05, 3.63) is 30.1 Å². The van der Waals surface area contributed by atoms with Crippen LogP contribution in [0.15, 0.2) is 29.3 Å². The quantitative estimate of drug-likeness (QED) is 0.333. The van der Waals surface area contributed by atoms with Gasteiger partial charge in [-0.1, -0.05) is 12.1 Å². The number of rotatable bonds is 5. The summed E-state index contributed by atoms with van der Waals surface area (Å²) in [6.07, 6.45) is 0.949. The number of nitrogens with zero attached hydrogens (tertiary/aromatic N) is 3. The Hall–Kier alpha value is -1.09. The number of para-hydroxylation sites is 1. The van der Waals surface area contributed by atoms with Gasteiger partial charge in [0.05, 0.1) is 5.69 Å². The van der Waals surface area contributed by atoms with Crippen LogP contribution >= 0.6 is 24.0 Å². The van der Waals surface area contributed by atoms with Crippen molar-refractivity contribution in [3.8, 4) is 0 Å². The number of nitrogens with one attached hydrogen (secondary N) is 1. The van der Waals surface area contributed by atoms with Gasteiger partial charge in [0.25, 0.3) is 0 Å². The van der Waals surface area contributed by atoms with Crippen molar-refractivity contribution in [3.63, 3.8) is 0 Å². The number of hydrogen-bond donors (Lipinski definition) is 1. The van der Waals surface area contributed by atoms with Crippen LogP contribution < -0.4 is 10.2 Å². The first-order chi connectivity index (χ1) is 10.8. The van der Waals surface area contributed by atoms with Crippen molar-refractivity contribution in [1.82, 2.24) is 10.2 Å². The number of halogens is 2. The summed E-state index contributed by atoms with van der Waals surface area (Å²) in [7, 11) is 3.50. The van der Waals surface area contributed by atoms with Crippen LogP contribution in [-0.4, -0.2) is 64.3 Å². The van der Waals surface area contributed by atoms with Crippen LogP contribution in [0.2, 0.25) is 0 Å². The van der Waals surface area contributed by atoms with E-state index in [0.29, 0.717) is 5.69 Å². The minimum Gasteiger partial charge on any atom is -0.385 e. The zero-order valence-electron chi connectivity index (χ0n) is 13.8. The summed E-state index contributed by atoms with van der Waals surface area (Å²) in [4.78, 5) is 8.62. The van der Waals surface area contributed by atoms with Gasteiger partial charge in [0.2, 0.25) is 0 Å². The minimum atomic E-state index is -0.155. The summed E-state index contributed by atoms with van der Waals surface area (Å²) in [6.45, 7) is 4.83. The molecule has 1 aliphatic rings. The van der Waals surface area contributed by atoms with E-state index >= 15 is 0 Å². The topological polar surface area (TPSA) is 40.1 Å². The third-order valence-corrected chi connectivity index (χ3v) is 3.79. The highest BCUT2D eigenvalue weighted by Gasteiger charge is 2.21. The molecule has 1 heterocycles. The zero-order chi connectivity index (χ0) is 15.8. The van der Waals surface area contributed by atoms with E-state index in [1.807, 2.05) is 12.1 Å². The lowest BCUT2D eigenvalue weighted by Gasteiger charge is -2.37. The van der Waals surface area contributed by atoms with E-state index in [2.05, 4.69) is 20.1 Å². The van der Waals surface area contributed by atoms with Gasteiger partial charge in [-0.3, -0.25) is 4.99 Å². The monoisotopic (exact) mass is 436 g/mol. The number of anilines is 1. The number of hydrogen-bond acceptors (Lipinski definition) is 3. The molecule has 0 aliphatic carbocycles. The van der Waals surface area contributed by atoms with Gasteiger partial charge < -0.3 is 19.9 Å². The Morgan fingerprint density at radius 3 is 2.57 bits per heavy atom. The van der Waals surface area contributed by atoms with Crippen LogP contribution in [0, 0.1) is 5.82 Å². The highest BCUT2D eigenvalue weighted by molar-refractivity contribution is 14.0. The normalized spacial score (nSPS) is 15.3. The van der Waals surface area contributed by atoms with Crippen molar-refractivity contribution in [2.45, 2.75) is 6.42 Å². The summed E-state index contributed by atoms with van der Waals surface area (Å²) in [5.74, 6) is 0.752. The molecule has 0 spiro atoms. The maximum absolute atomic E-state index is 13.8. The number of benzene rings is 1. The average molecular weight is 436 g/mol. The van der Waals surface area contributed by atoms with Crippen molar-refractivity contribution < 1.29 is 9.13 Å². The summed E-state index contributed by atoms with van der Waals surface area (Å²) in [5.41, 5.74) is 0.685. The molecule has 0 bridgehead atoms. The smallest absolute Gasteiger partial charge is 0.193 e. The number of ether oxygens (including phenoxy) is 1. The van der Waals surface area contributed by atoms with Crippen LogP contribution in [0.25, 0.3) is 0 Å². The molecule has 0 radical (unpaired) electrons. The maximum atomic E-state index is 13.8. The molecule has 1 aliphatic heterocycles. The molecule has 23 heavy (non-hydrogen) atoms. The van der Waals surface area contributed by atoms with Crippen molar-refractivity contribution in [2.75, 3.05) is 58.4 Å². The zero-order valence-corrected chi connectivity index (χ0v) is 16.1. The van der Waals surface area contributed by atoms with Crippen LogP contribution in [0.1, 0.15) is 6.42 Å². The highest BCUT2D eigenvalue weighted by Crippen LogP contribution is 2.20. The lowest BCUT2D eigenvalue weighted by molar-refractivity contribution is 0.195. The summed E-state index contributed by atoms with van der Waals surface area (Å²) < 4.78 is 18.9. The molecular formula is C16H26FIN4O. The van der Waals surface area contributed by atoms with E-state index in [1.54, 1.807) is 20.2 Å². The standard InChI is InChI=1S/C16H25FN4O.HI/c1-18-16(19-8-5-13-22-2)21-11-9-20(10-12-21)15-7-4-3-6-14(15)17;/h3-4,6-7H,5,8-13H2,1-2H3,(H,18,19);1H. The number of aliphatic imine (C=N–C) groups is 1. The second kappa shape index (κ2) is 10.6. The first-order valence-corrected chi connectivity index (χ1v) is 7.70. The van der Waals surface area contributed by atoms with Crippen LogP contribution in [0.5, 0.6) is 0 Å². The van der Waals surface area contributed by atoms with E-state index < -0.39 is 0 Å². The van der Waals surface area contributed by atoms with Gasteiger partial charge in [-0.05, 0) is 18.6 Å². The summed E-state index contributed by atoms with van der Waals surface area (Å²) in [6, 6.07) is 6.95. The molecule has 0 amide bonds. The van der Waals surface area contributed by atoms with Crippen LogP contribution in [-0.2, 0) is 4.74 Å². The van der Waals surface area contributed by atoms with Gasteiger partial charge in [0, 0.05) is 53.5 Å². The third-order valence-electron chi connectivity index (χ3n) is 3.79. The molecule has 130 valence electrons. The molecule has 7 heteroatoms. The number of methoxy groups -OCH3 is 1. The summed E-state index contributed by atoms with van der Waals surface area (Å²) in [5, 5.41) is 3.34. The van der Waals surface area contributed by atoms with E-state index in [4.69, 9.17) is 4.74 Å². The predicted molar refractivity (Wildman–Crippen MR) is 103 cm³/mol. The molecule has 1 fully saturated rings. The van der Waals surface area contributed by atoms with Gasteiger partial charge in [-0.15, -0.1) is 24.0 Å². The molecule has 0 saturated carbocycles. The van der Waals surface area contributed by atoms with Gasteiger partial charge in [-0.25, -0.2) is 4.39 Å². The Labute approximate surface area is 154 Å². The van der Waals surface area contributed by atoms with Gasteiger partial charge in [-0.2, -0.15) is 0 Å². The first-order valence-electron chi connectivity index (χ1n) is 7.70. The number of piperazine rings is 1. The van der Waals surface area contributed by atoms with E-state index in [9.17, 15) is 4.39 Å². The second-order valence-electron chi connectivity index (χ2n) is 5.25. The lowest BCUT2D eigenvalue weighted by atomic mass is 10.2. The van der Waals surface area contributed by atoms with E-state index in [-0.39, 0.29) is 29.8 Å². The Morgan fingerprint density at radius 1 is 1.26 bits per heavy atom. The molecule has 5 nitrogen and oxygen atoms in total. The fourth-order valence-electron chi connectivity index (χ4n) is 2.62.